The molecule has 0 saturated carbocycles. The number of carbonyl (C=O) groups excluding carboxylic acids is 1. The first-order chi connectivity index (χ1) is 7.22. The molecule has 0 N–H and O–H groups in total. The molecule has 0 spiro atoms. The minimum absolute atomic E-state index is 0.103. The van der Waals surface area contributed by atoms with E-state index >= 15 is 0 Å². The Bertz CT molecular complexity index is 510. The highest BCUT2D eigenvalue weighted by Gasteiger charge is 2.12. The van der Waals surface area contributed by atoms with E-state index in [4.69, 9.17) is 16.0 Å². The fraction of sp³-hybridized carbons (Fsp3) is 0.111. The van der Waals surface area contributed by atoms with Gasteiger partial charge in [0.25, 0.3) is 0 Å². The maximum Gasteiger partial charge on any atom is 0.199 e. The summed E-state index contributed by atoms with van der Waals surface area (Å²) in [6, 6.07) is 0. The summed E-state index contributed by atoms with van der Waals surface area (Å²) in [5.74, 6) is 0.773. The molecule has 0 radical (unpaired) electrons. The van der Waals surface area contributed by atoms with Crippen LogP contribution in [0.15, 0.2) is 17.0 Å². The first-order valence-electron chi connectivity index (χ1n) is 4.10. The van der Waals surface area contributed by atoms with E-state index in [0.29, 0.717) is 23.6 Å². The Balaban J connectivity index is 2.52. The van der Waals surface area contributed by atoms with Gasteiger partial charge in [-0.1, -0.05) is 11.6 Å². The predicted molar refractivity (Wildman–Crippen MR) is 52.7 cm³/mol. The molecule has 2 aromatic rings. The third kappa shape index (κ3) is 1.73. The summed E-state index contributed by atoms with van der Waals surface area (Å²) < 4.78 is 5.10. The highest BCUT2D eigenvalue weighted by Crippen LogP contribution is 2.20. The third-order valence-corrected chi connectivity index (χ3v) is 2.15. The van der Waals surface area contributed by atoms with Gasteiger partial charge in [0.15, 0.2) is 24.3 Å². The van der Waals surface area contributed by atoms with Gasteiger partial charge >= 0.3 is 0 Å². The van der Waals surface area contributed by atoms with Crippen LogP contribution in [0.1, 0.15) is 16.1 Å². The van der Waals surface area contributed by atoms with E-state index in [0.717, 1.165) is 0 Å². The van der Waals surface area contributed by atoms with Gasteiger partial charge in [0.05, 0.1) is 11.3 Å². The molecular formula is C9H6ClN3O2. The van der Waals surface area contributed by atoms with Crippen LogP contribution in [0.5, 0.6) is 0 Å². The van der Waals surface area contributed by atoms with Crippen molar-refractivity contribution in [2.24, 2.45) is 0 Å². The lowest BCUT2D eigenvalue weighted by Gasteiger charge is -1.98. The number of rotatable bonds is 2. The van der Waals surface area contributed by atoms with Crippen molar-refractivity contribution in [3.05, 3.63) is 29.0 Å². The molecule has 0 amide bonds. The minimum Gasteiger partial charge on any atom is -0.440 e. The van der Waals surface area contributed by atoms with Crippen LogP contribution < -0.4 is 0 Å². The number of halogens is 1. The highest BCUT2D eigenvalue weighted by molar-refractivity contribution is 6.31. The van der Waals surface area contributed by atoms with Crippen molar-refractivity contribution in [2.75, 3.05) is 0 Å². The largest absolute Gasteiger partial charge is 0.440 e. The first kappa shape index (κ1) is 9.79. The Morgan fingerprint density at radius 3 is 2.80 bits per heavy atom. The molecule has 0 unspecified atom stereocenters. The smallest absolute Gasteiger partial charge is 0.199 e. The Morgan fingerprint density at radius 2 is 2.27 bits per heavy atom. The normalized spacial score (nSPS) is 10.3. The molecule has 0 aromatic carbocycles. The summed E-state index contributed by atoms with van der Waals surface area (Å²) >= 11 is 5.75. The lowest BCUT2D eigenvalue weighted by molar-refractivity contribution is 0.112. The molecule has 2 aromatic heterocycles. The molecule has 0 fully saturated rings. The van der Waals surface area contributed by atoms with Crippen LogP contribution in [0.25, 0.3) is 11.6 Å². The Kier molecular flexibility index (Phi) is 2.47. The predicted octanol–water partition coefficient (Wildman–Crippen LogP) is 1.91. The number of hydrogen-bond acceptors (Lipinski definition) is 5. The van der Waals surface area contributed by atoms with E-state index in [2.05, 4.69) is 15.0 Å². The van der Waals surface area contributed by atoms with Gasteiger partial charge in [-0.15, -0.1) is 0 Å². The molecule has 0 aliphatic rings. The number of aldehydes is 1. The Labute approximate surface area is 90.1 Å². The van der Waals surface area contributed by atoms with Gasteiger partial charge in [-0.3, -0.25) is 4.79 Å². The number of carbonyl (C=O) groups is 1. The molecule has 0 atom stereocenters. The van der Waals surface area contributed by atoms with Gasteiger partial charge in [0, 0.05) is 6.20 Å². The zero-order chi connectivity index (χ0) is 10.8. The van der Waals surface area contributed by atoms with E-state index in [1.807, 2.05) is 0 Å². The van der Waals surface area contributed by atoms with Crippen LogP contribution in [0, 0.1) is 6.92 Å². The summed E-state index contributed by atoms with van der Waals surface area (Å²) in [6.45, 7) is 1.77. The van der Waals surface area contributed by atoms with Gasteiger partial charge < -0.3 is 4.42 Å². The van der Waals surface area contributed by atoms with Gasteiger partial charge in [-0.2, -0.15) is 0 Å². The maximum absolute atomic E-state index is 10.5. The standard InChI is InChI=1S/C9H6ClN3O2/c1-5-7(15-4-12-5)9-11-2-6(3-14)8(10)13-9/h2-4H,1H3. The van der Waals surface area contributed by atoms with Crippen LogP contribution in [-0.2, 0) is 0 Å². The second-order valence-electron chi connectivity index (χ2n) is 2.82. The van der Waals surface area contributed by atoms with Crippen molar-refractivity contribution in [1.29, 1.82) is 0 Å². The topological polar surface area (TPSA) is 68.9 Å². The number of oxazole rings is 1. The second-order valence-corrected chi connectivity index (χ2v) is 3.18. The monoisotopic (exact) mass is 223 g/mol. The van der Waals surface area contributed by atoms with Crippen LogP contribution >= 0.6 is 11.6 Å². The summed E-state index contributed by atoms with van der Waals surface area (Å²) in [6.07, 6.45) is 3.24. The molecule has 0 bridgehead atoms. The molecule has 0 aliphatic carbocycles. The molecule has 5 nitrogen and oxygen atoms in total. The van der Waals surface area contributed by atoms with Crippen LogP contribution in [0.2, 0.25) is 5.15 Å². The Morgan fingerprint density at radius 1 is 1.47 bits per heavy atom. The molecule has 15 heavy (non-hydrogen) atoms. The highest BCUT2D eigenvalue weighted by atomic mass is 35.5. The Hall–Kier alpha value is -1.75. The lowest BCUT2D eigenvalue weighted by atomic mass is 10.3. The molecule has 76 valence electrons. The fourth-order valence-corrected chi connectivity index (χ4v) is 1.25. The maximum atomic E-state index is 10.5. The van der Waals surface area contributed by atoms with Gasteiger partial charge in [0.2, 0.25) is 0 Å². The van der Waals surface area contributed by atoms with E-state index < -0.39 is 0 Å². The molecule has 0 saturated heterocycles. The molecule has 2 heterocycles. The number of nitrogens with zero attached hydrogens (tertiary/aromatic N) is 3. The molecule has 2 rings (SSSR count). The summed E-state index contributed by atoms with van der Waals surface area (Å²) in [7, 11) is 0. The number of hydrogen-bond donors (Lipinski definition) is 0. The lowest BCUT2D eigenvalue weighted by Crippen LogP contribution is -1.94. The van der Waals surface area contributed by atoms with Crippen LogP contribution in [0.3, 0.4) is 0 Å². The molecule has 0 aliphatic heterocycles. The summed E-state index contributed by atoms with van der Waals surface area (Å²) in [4.78, 5) is 22.3. The zero-order valence-electron chi connectivity index (χ0n) is 7.77. The minimum atomic E-state index is 0.103. The fourth-order valence-electron chi connectivity index (χ4n) is 1.08. The summed E-state index contributed by atoms with van der Waals surface area (Å²) in [5, 5.41) is 0.103. The molecule has 6 heteroatoms. The van der Waals surface area contributed by atoms with Crippen molar-refractivity contribution < 1.29 is 9.21 Å². The second kappa shape index (κ2) is 3.78. The van der Waals surface area contributed by atoms with Crippen LogP contribution in [0.4, 0.5) is 0 Å². The van der Waals surface area contributed by atoms with E-state index in [1.165, 1.54) is 12.6 Å². The third-order valence-electron chi connectivity index (χ3n) is 1.84. The zero-order valence-corrected chi connectivity index (χ0v) is 8.52. The molecular weight excluding hydrogens is 218 g/mol. The van der Waals surface area contributed by atoms with Crippen molar-refractivity contribution in [3.8, 4) is 11.6 Å². The number of aromatic nitrogens is 3. The van der Waals surface area contributed by atoms with Crippen molar-refractivity contribution in [2.45, 2.75) is 6.92 Å². The average Bonchev–Trinajstić information content (AvgIpc) is 2.64. The van der Waals surface area contributed by atoms with Crippen molar-refractivity contribution >= 4 is 17.9 Å². The van der Waals surface area contributed by atoms with Gasteiger partial charge in [-0.25, -0.2) is 15.0 Å². The average molecular weight is 224 g/mol. The van der Waals surface area contributed by atoms with Crippen molar-refractivity contribution in [1.82, 2.24) is 15.0 Å². The summed E-state index contributed by atoms with van der Waals surface area (Å²) in [5.41, 5.74) is 0.919. The van der Waals surface area contributed by atoms with Crippen LogP contribution in [-0.4, -0.2) is 21.2 Å². The quantitative estimate of drug-likeness (QED) is 0.575. The van der Waals surface area contributed by atoms with Gasteiger partial charge in [0.1, 0.15) is 5.15 Å². The van der Waals surface area contributed by atoms with Gasteiger partial charge in [-0.05, 0) is 6.92 Å². The van der Waals surface area contributed by atoms with E-state index in [-0.39, 0.29) is 10.7 Å². The van der Waals surface area contributed by atoms with E-state index in [1.54, 1.807) is 6.92 Å². The van der Waals surface area contributed by atoms with E-state index in [9.17, 15) is 4.79 Å². The SMILES string of the molecule is Cc1ncoc1-c1ncc(C=O)c(Cl)n1. The van der Waals surface area contributed by atoms with Crippen molar-refractivity contribution in [3.63, 3.8) is 0 Å². The number of aryl methyl sites for hydroxylation is 1. The first-order valence-corrected chi connectivity index (χ1v) is 4.48.